The van der Waals surface area contributed by atoms with Gasteiger partial charge in [0, 0.05) is 27.7 Å². The third-order valence-electron chi connectivity index (χ3n) is 10.3. The fourth-order valence-corrected chi connectivity index (χ4v) is 7.69. The van der Waals surface area contributed by atoms with E-state index < -0.39 is 0 Å². The summed E-state index contributed by atoms with van der Waals surface area (Å²) in [6.45, 7) is 0. The zero-order chi connectivity index (χ0) is 34.4. The molecule has 0 atom stereocenters. The Bertz CT molecular complexity index is 2740. The van der Waals surface area contributed by atoms with Gasteiger partial charge in [0.15, 0.2) is 0 Å². The average molecular weight is 664 g/mol. The fraction of sp³-hybridized carbons (Fsp3) is 0. The lowest BCUT2D eigenvalue weighted by atomic mass is 9.92. The van der Waals surface area contributed by atoms with Gasteiger partial charge in [-0.3, -0.25) is 0 Å². The predicted octanol–water partition coefficient (Wildman–Crippen LogP) is 14.2. The summed E-state index contributed by atoms with van der Waals surface area (Å²) in [6.07, 6.45) is 0. The molecule has 244 valence electrons. The molecule has 1 heterocycles. The van der Waals surface area contributed by atoms with Gasteiger partial charge < -0.3 is 9.64 Å². The van der Waals surface area contributed by atoms with Crippen molar-refractivity contribution in [3.05, 3.63) is 200 Å². The second kappa shape index (κ2) is 12.5. The highest BCUT2D eigenvalue weighted by atomic mass is 16.5. The number of rotatable bonds is 6. The molecule has 0 saturated heterocycles. The normalized spacial score (nSPS) is 11.6. The summed E-state index contributed by atoms with van der Waals surface area (Å²) in [4.78, 5) is 2.38. The van der Waals surface area contributed by atoms with Crippen LogP contribution in [0.3, 0.4) is 0 Å². The van der Waals surface area contributed by atoms with Gasteiger partial charge >= 0.3 is 0 Å². The molecular weight excluding hydrogens is 631 g/mol. The second-order valence-electron chi connectivity index (χ2n) is 13.3. The molecule has 0 fully saturated rings. The van der Waals surface area contributed by atoms with Crippen LogP contribution < -0.4 is 9.64 Å². The minimum absolute atomic E-state index is 0.887. The van der Waals surface area contributed by atoms with Crippen LogP contribution in [-0.4, -0.2) is 0 Å². The van der Waals surface area contributed by atoms with E-state index in [1.54, 1.807) is 0 Å². The van der Waals surface area contributed by atoms with Crippen molar-refractivity contribution >= 4 is 38.6 Å². The molecule has 0 spiro atoms. The van der Waals surface area contributed by atoms with E-state index in [1.165, 1.54) is 49.4 Å². The van der Waals surface area contributed by atoms with Gasteiger partial charge in [0.25, 0.3) is 0 Å². The molecule has 0 bridgehead atoms. The van der Waals surface area contributed by atoms with E-state index in [9.17, 15) is 0 Å². The van der Waals surface area contributed by atoms with Crippen molar-refractivity contribution in [2.75, 3.05) is 4.90 Å². The lowest BCUT2D eigenvalue weighted by molar-refractivity contribution is 0.487. The molecule has 0 amide bonds. The number of anilines is 3. The first-order valence-corrected chi connectivity index (χ1v) is 17.8. The first-order valence-electron chi connectivity index (χ1n) is 17.8. The van der Waals surface area contributed by atoms with Crippen LogP contribution in [0, 0.1) is 0 Å². The molecule has 9 aromatic carbocycles. The monoisotopic (exact) mass is 663 g/mol. The smallest absolute Gasteiger partial charge is 0.135 e. The summed E-state index contributed by atoms with van der Waals surface area (Å²) in [7, 11) is 0. The minimum atomic E-state index is 0.887. The Balaban J connectivity index is 1.06. The van der Waals surface area contributed by atoms with Crippen LogP contribution in [-0.2, 0) is 0 Å². The van der Waals surface area contributed by atoms with Crippen LogP contribution in [0.1, 0.15) is 0 Å². The highest BCUT2D eigenvalue weighted by molar-refractivity contribution is 6.05. The summed E-state index contributed by atoms with van der Waals surface area (Å²) in [5, 5.41) is 4.77. The predicted molar refractivity (Wildman–Crippen MR) is 218 cm³/mol. The molecule has 0 aromatic heterocycles. The van der Waals surface area contributed by atoms with Crippen molar-refractivity contribution in [1.29, 1.82) is 0 Å². The van der Waals surface area contributed by atoms with E-state index >= 15 is 0 Å². The van der Waals surface area contributed by atoms with Gasteiger partial charge in [-0.15, -0.1) is 0 Å². The molecule has 2 heteroatoms. The van der Waals surface area contributed by atoms with Crippen LogP contribution >= 0.6 is 0 Å². The molecule has 0 saturated carbocycles. The summed E-state index contributed by atoms with van der Waals surface area (Å²) >= 11 is 0. The Kier molecular flexibility index (Phi) is 7.18. The Morgan fingerprint density at radius 3 is 1.71 bits per heavy atom. The summed E-state index contributed by atoms with van der Waals surface area (Å²) < 4.78 is 6.42. The van der Waals surface area contributed by atoms with E-state index in [2.05, 4.69) is 205 Å². The maximum Gasteiger partial charge on any atom is 0.135 e. The molecule has 0 aliphatic carbocycles. The number of nitrogens with zero attached hydrogens (tertiary/aromatic N) is 1. The quantitative estimate of drug-likeness (QED) is 0.176. The molecule has 0 unspecified atom stereocenters. The van der Waals surface area contributed by atoms with Crippen molar-refractivity contribution in [2.45, 2.75) is 0 Å². The number of hydrogen-bond acceptors (Lipinski definition) is 2. The largest absolute Gasteiger partial charge is 0.456 e. The fourth-order valence-electron chi connectivity index (χ4n) is 7.69. The minimum Gasteiger partial charge on any atom is -0.456 e. The van der Waals surface area contributed by atoms with Crippen molar-refractivity contribution in [1.82, 2.24) is 0 Å². The zero-order valence-electron chi connectivity index (χ0n) is 28.4. The van der Waals surface area contributed by atoms with Crippen LogP contribution in [0.4, 0.5) is 17.1 Å². The van der Waals surface area contributed by atoms with Gasteiger partial charge in [-0.1, -0.05) is 152 Å². The van der Waals surface area contributed by atoms with Gasteiger partial charge in [-0.25, -0.2) is 0 Å². The lowest BCUT2D eigenvalue weighted by Gasteiger charge is -2.27. The van der Waals surface area contributed by atoms with Crippen molar-refractivity contribution in [3.8, 4) is 56.0 Å². The highest BCUT2D eigenvalue weighted by Crippen LogP contribution is 2.48. The molecule has 0 N–H and O–H groups in total. The molecule has 1 aliphatic heterocycles. The van der Waals surface area contributed by atoms with E-state index in [0.717, 1.165) is 45.3 Å². The third kappa shape index (κ3) is 5.21. The van der Waals surface area contributed by atoms with E-state index in [1.807, 2.05) is 0 Å². The van der Waals surface area contributed by atoms with Gasteiger partial charge in [-0.05, 0) is 98.2 Å². The maximum absolute atomic E-state index is 6.42. The maximum atomic E-state index is 6.42. The number of hydrogen-bond donors (Lipinski definition) is 0. The van der Waals surface area contributed by atoms with E-state index in [-0.39, 0.29) is 0 Å². The SMILES string of the molecule is c1ccc(-c2ccc(-c3ccc(N(c4cccc(-c5ccc6c(c5)-c5cccc7cccc(c57)O6)c4)c4cccc5ccccc45)cc3)cc2)cc1. The lowest BCUT2D eigenvalue weighted by Crippen LogP contribution is -2.10. The second-order valence-corrected chi connectivity index (χ2v) is 13.3. The average Bonchev–Trinajstić information content (AvgIpc) is 3.22. The zero-order valence-corrected chi connectivity index (χ0v) is 28.4. The van der Waals surface area contributed by atoms with Crippen LogP contribution in [0.5, 0.6) is 11.5 Å². The molecule has 52 heavy (non-hydrogen) atoms. The van der Waals surface area contributed by atoms with Crippen LogP contribution in [0.25, 0.3) is 66.1 Å². The van der Waals surface area contributed by atoms with Crippen molar-refractivity contribution in [2.24, 2.45) is 0 Å². The molecule has 1 aliphatic rings. The topological polar surface area (TPSA) is 12.5 Å². The Labute approximate surface area is 303 Å². The number of ether oxygens (including phenoxy) is 1. The van der Waals surface area contributed by atoms with Crippen LogP contribution in [0.2, 0.25) is 0 Å². The Morgan fingerprint density at radius 1 is 0.327 bits per heavy atom. The van der Waals surface area contributed by atoms with Gasteiger partial charge in [-0.2, -0.15) is 0 Å². The van der Waals surface area contributed by atoms with Gasteiger partial charge in [0.2, 0.25) is 0 Å². The first-order chi connectivity index (χ1) is 25.8. The number of benzene rings is 9. The standard InChI is InChI=1S/C50H33NO/c1-2-10-34(11-3-1)35-22-24-36(25-23-35)37-26-29-42(30-27-37)51(47-20-8-13-38-12-4-5-18-44(38)47)43-17-6-16-40(32-43)41-28-31-48-46(33-41)45-19-7-14-39-15-9-21-49(52-48)50(39)45/h1-33H. The first kappa shape index (κ1) is 30.0. The molecule has 10 rings (SSSR count). The van der Waals surface area contributed by atoms with E-state index in [4.69, 9.17) is 4.74 Å². The summed E-state index contributed by atoms with van der Waals surface area (Å²) in [6, 6.07) is 71.7. The van der Waals surface area contributed by atoms with E-state index in [0.29, 0.717) is 0 Å². The Hall–Kier alpha value is -6.90. The molecule has 9 aromatic rings. The molecule has 2 nitrogen and oxygen atoms in total. The van der Waals surface area contributed by atoms with Gasteiger partial charge in [0.1, 0.15) is 11.5 Å². The molecular formula is C50H33NO. The summed E-state index contributed by atoms with van der Waals surface area (Å²) in [5.41, 5.74) is 12.8. The molecule has 0 radical (unpaired) electrons. The summed E-state index contributed by atoms with van der Waals surface area (Å²) in [5.74, 6) is 1.80. The van der Waals surface area contributed by atoms with Crippen molar-refractivity contribution in [3.63, 3.8) is 0 Å². The number of fused-ring (bicyclic) bond motifs is 3. The van der Waals surface area contributed by atoms with Crippen LogP contribution in [0.15, 0.2) is 200 Å². The third-order valence-corrected chi connectivity index (χ3v) is 10.3. The van der Waals surface area contributed by atoms with Gasteiger partial charge in [0.05, 0.1) is 5.69 Å². The van der Waals surface area contributed by atoms with Crippen molar-refractivity contribution < 1.29 is 4.74 Å². The Morgan fingerprint density at radius 2 is 0.904 bits per heavy atom. The highest BCUT2D eigenvalue weighted by Gasteiger charge is 2.21.